The molecular formula is C22H18BrClO2. The second-order valence-electron chi connectivity index (χ2n) is 6.37. The molecule has 0 saturated heterocycles. The van der Waals surface area contributed by atoms with Crippen molar-refractivity contribution in [2.24, 2.45) is 0 Å². The SMILES string of the molecule is Clc1ccc(Br)cc1Cc1ccc(OCC2OCc3ccccc32)cc1. The zero-order valence-corrected chi connectivity index (χ0v) is 16.5. The van der Waals surface area contributed by atoms with Crippen LogP contribution in [0.2, 0.25) is 5.02 Å². The van der Waals surface area contributed by atoms with Gasteiger partial charge in [0.05, 0.1) is 6.61 Å². The number of benzene rings is 3. The minimum absolute atomic E-state index is 0.00588. The third-order valence-corrected chi connectivity index (χ3v) is 5.43. The topological polar surface area (TPSA) is 18.5 Å². The smallest absolute Gasteiger partial charge is 0.119 e. The Morgan fingerprint density at radius 1 is 1.04 bits per heavy atom. The summed E-state index contributed by atoms with van der Waals surface area (Å²) in [6.45, 7) is 1.18. The lowest BCUT2D eigenvalue weighted by Crippen LogP contribution is -2.09. The minimum atomic E-state index is 0.00588. The van der Waals surface area contributed by atoms with E-state index in [4.69, 9.17) is 21.1 Å². The Balaban J connectivity index is 1.38. The van der Waals surface area contributed by atoms with Gasteiger partial charge in [-0.2, -0.15) is 0 Å². The van der Waals surface area contributed by atoms with Crippen molar-refractivity contribution in [2.75, 3.05) is 6.61 Å². The Kier molecular flexibility index (Phi) is 5.30. The molecule has 3 aromatic carbocycles. The van der Waals surface area contributed by atoms with E-state index < -0.39 is 0 Å². The quantitative estimate of drug-likeness (QED) is 0.471. The molecule has 4 heteroatoms. The molecule has 26 heavy (non-hydrogen) atoms. The fraction of sp³-hybridized carbons (Fsp3) is 0.182. The number of rotatable bonds is 5. The fourth-order valence-electron chi connectivity index (χ4n) is 3.17. The summed E-state index contributed by atoms with van der Waals surface area (Å²) in [5.74, 6) is 0.849. The van der Waals surface area contributed by atoms with Crippen molar-refractivity contribution in [1.82, 2.24) is 0 Å². The normalized spacial score (nSPS) is 15.7. The maximum atomic E-state index is 6.28. The van der Waals surface area contributed by atoms with Gasteiger partial charge in [0.1, 0.15) is 18.5 Å². The zero-order valence-electron chi connectivity index (χ0n) is 14.1. The third-order valence-electron chi connectivity index (χ3n) is 4.57. The highest BCUT2D eigenvalue weighted by atomic mass is 79.9. The lowest BCUT2D eigenvalue weighted by molar-refractivity contribution is 0.0309. The number of hydrogen-bond acceptors (Lipinski definition) is 2. The second kappa shape index (κ2) is 7.83. The summed E-state index contributed by atoms with van der Waals surface area (Å²) < 4.78 is 12.8. The first kappa shape index (κ1) is 17.6. The molecule has 1 aliphatic heterocycles. The third kappa shape index (κ3) is 3.96. The number of ether oxygens (including phenoxy) is 2. The van der Waals surface area contributed by atoms with Gasteiger partial charge in [0.2, 0.25) is 0 Å². The van der Waals surface area contributed by atoms with Gasteiger partial charge >= 0.3 is 0 Å². The first-order chi connectivity index (χ1) is 12.7. The molecule has 0 spiro atoms. The Morgan fingerprint density at radius 3 is 2.69 bits per heavy atom. The van der Waals surface area contributed by atoms with Crippen molar-refractivity contribution < 1.29 is 9.47 Å². The van der Waals surface area contributed by atoms with Gasteiger partial charge in [0, 0.05) is 9.50 Å². The Bertz CT molecular complexity index is 908. The summed E-state index contributed by atoms with van der Waals surface area (Å²) in [6.07, 6.45) is 0.795. The van der Waals surface area contributed by atoms with Gasteiger partial charge < -0.3 is 9.47 Å². The molecule has 0 fully saturated rings. The standard InChI is InChI=1S/C22H18BrClO2/c23-18-7-10-21(24)17(12-18)11-15-5-8-19(9-6-15)25-14-22-20-4-2-1-3-16(20)13-26-22/h1-10,12,22H,11,13-14H2. The van der Waals surface area contributed by atoms with Crippen LogP contribution in [0.25, 0.3) is 0 Å². The lowest BCUT2D eigenvalue weighted by Gasteiger charge is -2.13. The molecule has 1 atom stereocenters. The van der Waals surface area contributed by atoms with Crippen molar-refractivity contribution in [2.45, 2.75) is 19.1 Å². The molecule has 2 nitrogen and oxygen atoms in total. The molecule has 0 aliphatic carbocycles. The molecule has 1 aliphatic rings. The largest absolute Gasteiger partial charge is 0.491 e. The van der Waals surface area contributed by atoms with Crippen LogP contribution < -0.4 is 4.74 Å². The first-order valence-corrected chi connectivity index (χ1v) is 9.71. The zero-order chi connectivity index (χ0) is 17.9. The molecule has 1 unspecified atom stereocenters. The van der Waals surface area contributed by atoms with E-state index in [-0.39, 0.29) is 6.10 Å². The summed E-state index contributed by atoms with van der Waals surface area (Å²) in [5, 5.41) is 0.783. The summed E-state index contributed by atoms with van der Waals surface area (Å²) in [6, 6.07) is 22.4. The monoisotopic (exact) mass is 428 g/mol. The van der Waals surface area contributed by atoms with Crippen LogP contribution in [0.15, 0.2) is 71.2 Å². The summed E-state index contributed by atoms with van der Waals surface area (Å²) in [4.78, 5) is 0. The average molecular weight is 430 g/mol. The van der Waals surface area contributed by atoms with Crippen LogP contribution in [0.1, 0.15) is 28.4 Å². The number of halogens is 2. The summed E-state index contributed by atoms with van der Waals surface area (Å²) in [7, 11) is 0. The van der Waals surface area contributed by atoms with E-state index >= 15 is 0 Å². The predicted octanol–water partition coefficient (Wildman–Crippen LogP) is 6.34. The van der Waals surface area contributed by atoms with Crippen molar-refractivity contribution in [3.63, 3.8) is 0 Å². The van der Waals surface area contributed by atoms with Gasteiger partial charge in [-0.3, -0.25) is 0 Å². The molecule has 0 bridgehead atoms. The van der Waals surface area contributed by atoms with Crippen LogP contribution in [0.4, 0.5) is 0 Å². The van der Waals surface area contributed by atoms with Crippen LogP contribution in [0.3, 0.4) is 0 Å². The number of fused-ring (bicyclic) bond motifs is 1. The van der Waals surface area contributed by atoms with Crippen molar-refractivity contribution in [1.29, 1.82) is 0 Å². The van der Waals surface area contributed by atoms with Crippen molar-refractivity contribution >= 4 is 27.5 Å². The van der Waals surface area contributed by atoms with E-state index in [0.717, 1.165) is 27.2 Å². The molecule has 0 aromatic heterocycles. The summed E-state index contributed by atoms with van der Waals surface area (Å²) >= 11 is 9.78. The van der Waals surface area contributed by atoms with Gasteiger partial charge in [0.15, 0.2) is 0 Å². The lowest BCUT2D eigenvalue weighted by atomic mass is 10.0. The van der Waals surface area contributed by atoms with Gasteiger partial charge in [-0.15, -0.1) is 0 Å². The van der Waals surface area contributed by atoms with Gasteiger partial charge in [-0.25, -0.2) is 0 Å². The minimum Gasteiger partial charge on any atom is -0.491 e. The van der Waals surface area contributed by atoms with E-state index in [1.807, 2.05) is 36.4 Å². The molecule has 132 valence electrons. The van der Waals surface area contributed by atoms with Gasteiger partial charge in [0.25, 0.3) is 0 Å². The van der Waals surface area contributed by atoms with Crippen LogP contribution in [0.5, 0.6) is 5.75 Å². The Labute approximate surface area is 166 Å². The van der Waals surface area contributed by atoms with E-state index in [2.05, 4.69) is 46.3 Å². The molecule has 3 aromatic rings. The van der Waals surface area contributed by atoms with E-state index in [1.54, 1.807) is 0 Å². The van der Waals surface area contributed by atoms with Crippen molar-refractivity contribution in [3.05, 3.63) is 98.5 Å². The summed E-state index contributed by atoms with van der Waals surface area (Å²) in [5.41, 5.74) is 4.78. The highest BCUT2D eigenvalue weighted by Crippen LogP contribution is 2.31. The van der Waals surface area contributed by atoms with E-state index in [0.29, 0.717) is 13.2 Å². The highest BCUT2D eigenvalue weighted by Gasteiger charge is 2.23. The average Bonchev–Trinajstić information content (AvgIpc) is 3.07. The van der Waals surface area contributed by atoms with Crippen LogP contribution in [-0.2, 0) is 17.8 Å². The van der Waals surface area contributed by atoms with Crippen LogP contribution in [-0.4, -0.2) is 6.61 Å². The molecule has 0 radical (unpaired) electrons. The first-order valence-electron chi connectivity index (χ1n) is 8.54. The van der Waals surface area contributed by atoms with E-state index in [9.17, 15) is 0 Å². The maximum absolute atomic E-state index is 6.28. The molecule has 0 saturated carbocycles. The maximum Gasteiger partial charge on any atom is 0.119 e. The molecule has 4 rings (SSSR count). The van der Waals surface area contributed by atoms with E-state index in [1.165, 1.54) is 16.7 Å². The van der Waals surface area contributed by atoms with Gasteiger partial charge in [-0.1, -0.05) is 63.9 Å². The predicted molar refractivity (Wildman–Crippen MR) is 108 cm³/mol. The second-order valence-corrected chi connectivity index (χ2v) is 7.69. The molecule has 1 heterocycles. The number of hydrogen-bond donors (Lipinski definition) is 0. The fourth-order valence-corrected chi connectivity index (χ4v) is 3.76. The van der Waals surface area contributed by atoms with Gasteiger partial charge in [-0.05, 0) is 59.0 Å². The van der Waals surface area contributed by atoms with Crippen LogP contribution >= 0.6 is 27.5 Å². The van der Waals surface area contributed by atoms with Crippen molar-refractivity contribution in [3.8, 4) is 5.75 Å². The molecule has 0 amide bonds. The Morgan fingerprint density at radius 2 is 1.85 bits per heavy atom. The molecular weight excluding hydrogens is 412 g/mol. The Hall–Kier alpha value is -1.81. The van der Waals surface area contributed by atoms with Crippen LogP contribution in [0, 0.1) is 0 Å². The molecule has 0 N–H and O–H groups in total. The highest BCUT2D eigenvalue weighted by molar-refractivity contribution is 9.10.